The Morgan fingerprint density at radius 3 is 2.61 bits per heavy atom. The second-order valence-corrected chi connectivity index (χ2v) is 7.82. The molecule has 156 valence electrons. The topological polar surface area (TPSA) is 94.1 Å². The average Bonchev–Trinajstić information content (AvgIpc) is 3.25. The van der Waals surface area contributed by atoms with Crippen LogP contribution in [-0.4, -0.2) is 32.9 Å². The zero-order valence-corrected chi connectivity index (χ0v) is 18.0. The molecule has 0 aliphatic rings. The molecule has 2 aromatic carbocycles. The van der Waals surface area contributed by atoms with Gasteiger partial charge in [-0.25, -0.2) is 14.8 Å². The van der Waals surface area contributed by atoms with Gasteiger partial charge in [0.15, 0.2) is 16.9 Å². The van der Waals surface area contributed by atoms with Crippen LogP contribution in [0.5, 0.6) is 0 Å². The van der Waals surface area contributed by atoms with E-state index in [1.54, 1.807) is 36.6 Å². The van der Waals surface area contributed by atoms with Gasteiger partial charge in [0.05, 0.1) is 22.9 Å². The van der Waals surface area contributed by atoms with Crippen molar-refractivity contribution in [3.05, 3.63) is 70.8 Å². The van der Waals surface area contributed by atoms with Crippen molar-refractivity contribution in [3.63, 3.8) is 0 Å². The number of thiazole rings is 1. The Bertz CT molecular complexity index is 1260. The highest BCUT2D eigenvalue weighted by atomic mass is 35.5. The van der Waals surface area contributed by atoms with E-state index in [9.17, 15) is 9.59 Å². The fourth-order valence-electron chi connectivity index (χ4n) is 2.88. The molecule has 0 aliphatic carbocycles. The molecule has 2 heterocycles. The minimum absolute atomic E-state index is 0.0419. The first kappa shape index (κ1) is 20.9. The first-order valence-corrected chi connectivity index (χ1v) is 10.7. The Hall–Kier alpha value is -3.36. The lowest BCUT2D eigenvalue weighted by Crippen LogP contribution is -2.32. The number of benzene rings is 2. The van der Waals surface area contributed by atoms with Crippen LogP contribution in [0, 0.1) is 0 Å². The number of para-hydroxylation sites is 2. The van der Waals surface area contributed by atoms with Crippen LogP contribution in [0.3, 0.4) is 0 Å². The number of hydrogen-bond acceptors (Lipinski definition) is 7. The van der Waals surface area contributed by atoms with Crippen molar-refractivity contribution >= 4 is 51.0 Å². The fraction of sp³-hybridized carbons (Fsp3) is 0.136. The zero-order valence-electron chi connectivity index (χ0n) is 16.4. The van der Waals surface area contributed by atoms with Gasteiger partial charge < -0.3 is 4.74 Å². The molecule has 4 rings (SSSR count). The third kappa shape index (κ3) is 4.70. The minimum atomic E-state index is -0.992. The van der Waals surface area contributed by atoms with Gasteiger partial charge in [-0.15, -0.1) is 11.3 Å². The number of nitrogens with one attached hydrogen (secondary N) is 1. The van der Waals surface area contributed by atoms with Gasteiger partial charge in [0, 0.05) is 16.0 Å². The van der Waals surface area contributed by atoms with E-state index in [1.807, 2.05) is 24.3 Å². The van der Waals surface area contributed by atoms with E-state index in [-0.39, 0.29) is 5.69 Å². The third-order valence-electron chi connectivity index (χ3n) is 4.45. The summed E-state index contributed by atoms with van der Waals surface area (Å²) in [5, 5.41) is 5.46. The molecule has 0 bridgehead atoms. The number of nitrogens with zero attached hydrogens (tertiary/aromatic N) is 3. The van der Waals surface area contributed by atoms with Crippen LogP contribution in [0.15, 0.2) is 60.1 Å². The maximum Gasteiger partial charge on any atom is 0.359 e. The summed E-state index contributed by atoms with van der Waals surface area (Å²) < 4.78 is 5.38. The van der Waals surface area contributed by atoms with Crippen molar-refractivity contribution in [2.45, 2.75) is 19.4 Å². The SMILES string of the molecule is CCC(OC(=O)c1cnc2ccccc2n1)C(=O)Nc1nc(-c2ccccc2Cl)cs1. The van der Waals surface area contributed by atoms with Crippen molar-refractivity contribution in [3.8, 4) is 11.3 Å². The lowest BCUT2D eigenvalue weighted by molar-refractivity contribution is -0.124. The van der Waals surface area contributed by atoms with E-state index in [1.165, 1.54) is 17.5 Å². The molecule has 2 aromatic heterocycles. The van der Waals surface area contributed by atoms with Crippen LogP contribution in [0.2, 0.25) is 5.02 Å². The van der Waals surface area contributed by atoms with Crippen LogP contribution in [0.4, 0.5) is 5.13 Å². The quantitative estimate of drug-likeness (QED) is 0.414. The number of fused-ring (bicyclic) bond motifs is 1. The number of anilines is 1. The maximum atomic E-state index is 12.7. The number of amides is 1. The van der Waals surface area contributed by atoms with Crippen molar-refractivity contribution in [1.29, 1.82) is 0 Å². The van der Waals surface area contributed by atoms with E-state index in [0.29, 0.717) is 33.3 Å². The molecular formula is C22H17ClN4O3S. The first-order valence-electron chi connectivity index (χ1n) is 9.49. The number of aromatic nitrogens is 3. The predicted octanol–water partition coefficient (Wildman–Crippen LogP) is 4.98. The summed E-state index contributed by atoms with van der Waals surface area (Å²) in [5.41, 5.74) is 2.71. The van der Waals surface area contributed by atoms with Gasteiger partial charge in [0.1, 0.15) is 0 Å². The smallest absolute Gasteiger partial charge is 0.359 e. The Kier molecular flexibility index (Phi) is 6.20. The highest BCUT2D eigenvalue weighted by Gasteiger charge is 2.24. The van der Waals surface area contributed by atoms with Gasteiger partial charge in [-0.3, -0.25) is 15.1 Å². The molecule has 0 radical (unpaired) electrons. The molecule has 0 saturated heterocycles. The van der Waals surface area contributed by atoms with Crippen LogP contribution >= 0.6 is 22.9 Å². The standard InChI is InChI=1S/C22H17ClN4O3S/c1-2-19(30-21(29)17-11-24-15-9-5-6-10-16(15)25-17)20(28)27-22-26-18(12-31-22)13-7-3-4-8-14(13)23/h3-12,19H,2H2,1H3,(H,26,27,28). The monoisotopic (exact) mass is 452 g/mol. The molecule has 0 aliphatic heterocycles. The van der Waals surface area contributed by atoms with Crippen molar-refractivity contribution in [2.24, 2.45) is 0 Å². The first-order chi connectivity index (χ1) is 15.0. The van der Waals surface area contributed by atoms with Crippen LogP contribution < -0.4 is 5.32 Å². The molecule has 31 heavy (non-hydrogen) atoms. The van der Waals surface area contributed by atoms with Gasteiger partial charge in [-0.05, 0) is 24.6 Å². The lowest BCUT2D eigenvalue weighted by Gasteiger charge is -2.14. The largest absolute Gasteiger partial charge is 0.447 e. The number of esters is 1. The summed E-state index contributed by atoms with van der Waals surface area (Å²) in [6.07, 6.45) is 0.640. The highest BCUT2D eigenvalue weighted by molar-refractivity contribution is 7.14. The Morgan fingerprint density at radius 2 is 1.84 bits per heavy atom. The summed E-state index contributed by atoms with van der Waals surface area (Å²) in [7, 11) is 0. The van der Waals surface area contributed by atoms with Crippen molar-refractivity contribution in [2.75, 3.05) is 5.32 Å². The number of rotatable bonds is 6. The molecule has 7 nitrogen and oxygen atoms in total. The number of hydrogen-bond donors (Lipinski definition) is 1. The third-order valence-corrected chi connectivity index (χ3v) is 5.54. The van der Waals surface area contributed by atoms with Gasteiger partial charge in [0.25, 0.3) is 5.91 Å². The predicted molar refractivity (Wildman–Crippen MR) is 120 cm³/mol. The maximum absolute atomic E-state index is 12.7. The molecule has 1 atom stereocenters. The van der Waals surface area contributed by atoms with Gasteiger partial charge >= 0.3 is 5.97 Å². The summed E-state index contributed by atoms with van der Waals surface area (Å²) in [6.45, 7) is 1.75. The van der Waals surface area contributed by atoms with Gasteiger partial charge in [-0.2, -0.15) is 0 Å². The summed E-state index contributed by atoms with van der Waals surface area (Å²) in [6, 6.07) is 14.5. The van der Waals surface area contributed by atoms with Gasteiger partial charge in [-0.1, -0.05) is 48.9 Å². The van der Waals surface area contributed by atoms with Crippen LogP contribution in [0.1, 0.15) is 23.8 Å². The number of carbonyl (C=O) groups excluding carboxylic acids is 2. The van der Waals surface area contributed by atoms with E-state index in [4.69, 9.17) is 16.3 Å². The molecule has 0 saturated carbocycles. The Balaban J connectivity index is 1.44. The molecule has 9 heteroatoms. The highest BCUT2D eigenvalue weighted by Crippen LogP contribution is 2.30. The summed E-state index contributed by atoms with van der Waals surface area (Å²) in [4.78, 5) is 38.0. The molecule has 1 amide bonds. The Labute approximate surface area is 187 Å². The average molecular weight is 453 g/mol. The molecular weight excluding hydrogens is 436 g/mol. The van der Waals surface area contributed by atoms with Crippen LogP contribution in [-0.2, 0) is 9.53 Å². The summed E-state index contributed by atoms with van der Waals surface area (Å²) in [5.74, 6) is -1.18. The molecule has 1 unspecified atom stereocenters. The molecule has 1 N–H and O–H groups in total. The van der Waals surface area contributed by atoms with E-state index in [2.05, 4.69) is 20.3 Å². The second kappa shape index (κ2) is 9.20. The van der Waals surface area contributed by atoms with E-state index >= 15 is 0 Å². The van der Waals surface area contributed by atoms with Crippen LogP contribution in [0.25, 0.3) is 22.3 Å². The number of carbonyl (C=O) groups is 2. The molecule has 0 spiro atoms. The minimum Gasteiger partial charge on any atom is -0.447 e. The second-order valence-electron chi connectivity index (χ2n) is 6.55. The zero-order chi connectivity index (χ0) is 21.8. The number of ether oxygens (including phenoxy) is 1. The Morgan fingerprint density at radius 1 is 1.10 bits per heavy atom. The summed E-state index contributed by atoms with van der Waals surface area (Å²) >= 11 is 7.47. The van der Waals surface area contributed by atoms with Crippen molar-refractivity contribution < 1.29 is 14.3 Å². The van der Waals surface area contributed by atoms with E-state index < -0.39 is 18.0 Å². The lowest BCUT2D eigenvalue weighted by atomic mass is 10.2. The molecule has 0 fully saturated rings. The molecule has 4 aromatic rings. The van der Waals surface area contributed by atoms with Gasteiger partial charge in [0.2, 0.25) is 0 Å². The van der Waals surface area contributed by atoms with E-state index in [0.717, 1.165) is 5.56 Å². The normalized spacial score (nSPS) is 11.8. The fourth-order valence-corrected chi connectivity index (χ4v) is 3.82. The van der Waals surface area contributed by atoms with Crippen molar-refractivity contribution in [1.82, 2.24) is 15.0 Å². The number of halogens is 1.